The normalized spacial score (nSPS) is 10.4. The van der Waals surface area contributed by atoms with Gasteiger partial charge in [-0.3, -0.25) is 14.9 Å². The molecule has 18 heavy (non-hydrogen) atoms. The molecule has 0 fully saturated rings. The fourth-order valence-electron chi connectivity index (χ4n) is 1.63. The van der Waals surface area contributed by atoms with Crippen LogP contribution in [0.5, 0.6) is 0 Å². The Hall–Kier alpha value is -2.31. The Bertz CT molecular complexity index is 473. The highest BCUT2D eigenvalue weighted by Gasteiger charge is 2.17. The lowest BCUT2D eigenvalue weighted by atomic mass is 10.2. The molecule has 0 unspecified atom stereocenters. The number of carbonyl (C=O) groups excluding carboxylic acids is 1. The van der Waals surface area contributed by atoms with Gasteiger partial charge in [0.05, 0.1) is 22.8 Å². The van der Waals surface area contributed by atoms with Crippen LogP contribution < -0.4 is 16.4 Å². The maximum atomic E-state index is 11.0. The molecule has 0 aliphatic rings. The van der Waals surface area contributed by atoms with E-state index < -0.39 is 10.8 Å². The average Bonchev–Trinajstić information content (AvgIpc) is 2.25. The number of anilines is 2. The average molecular weight is 252 g/mol. The van der Waals surface area contributed by atoms with Crippen LogP contribution in [-0.4, -0.2) is 23.4 Å². The molecule has 0 saturated carbocycles. The summed E-state index contributed by atoms with van der Waals surface area (Å²) in [6.07, 6.45) is 0. The Morgan fingerprint density at radius 1 is 1.50 bits per heavy atom. The van der Waals surface area contributed by atoms with Gasteiger partial charge < -0.3 is 16.4 Å². The second-order valence-electron chi connectivity index (χ2n) is 4.19. The van der Waals surface area contributed by atoms with Crippen molar-refractivity contribution in [2.45, 2.75) is 19.9 Å². The number of non-ortho nitro benzene ring substituents is 1. The van der Waals surface area contributed by atoms with Gasteiger partial charge in [-0.05, 0) is 19.9 Å². The summed E-state index contributed by atoms with van der Waals surface area (Å²) < 4.78 is 0. The maximum Gasteiger partial charge on any atom is 0.271 e. The highest BCUT2D eigenvalue weighted by atomic mass is 16.6. The number of carbonyl (C=O) groups is 1. The Balaban J connectivity index is 3.13. The molecule has 0 atom stereocenters. The van der Waals surface area contributed by atoms with Gasteiger partial charge in [-0.2, -0.15) is 0 Å². The van der Waals surface area contributed by atoms with E-state index in [0.717, 1.165) is 0 Å². The molecular weight excluding hydrogens is 236 g/mol. The van der Waals surface area contributed by atoms with Crippen LogP contribution in [-0.2, 0) is 4.79 Å². The first kappa shape index (κ1) is 13.8. The highest BCUT2D eigenvalue weighted by Crippen LogP contribution is 2.28. The van der Waals surface area contributed by atoms with Crippen molar-refractivity contribution in [2.75, 3.05) is 17.2 Å². The summed E-state index contributed by atoms with van der Waals surface area (Å²) in [4.78, 5) is 22.8. The molecule has 1 rings (SSSR count). The minimum atomic E-state index is -0.520. The molecule has 7 nitrogen and oxygen atoms in total. The number of benzene rings is 1. The first-order valence-electron chi connectivity index (χ1n) is 5.41. The minimum Gasteiger partial charge on any atom is -0.397 e. The molecular formula is C11H16N4O3. The number of hydrogen-bond acceptors (Lipinski definition) is 5. The summed E-state index contributed by atoms with van der Waals surface area (Å²) in [5.41, 5.74) is 11.7. The summed E-state index contributed by atoms with van der Waals surface area (Å²) >= 11 is 0. The van der Waals surface area contributed by atoms with Crippen LogP contribution in [0.3, 0.4) is 0 Å². The van der Waals surface area contributed by atoms with Crippen molar-refractivity contribution < 1.29 is 9.72 Å². The predicted octanol–water partition coefficient (Wildman–Crippen LogP) is 0.877. The van der Waals surface area contributed by atoms with E-state index in [-0.39, 0.29) is 24.0 Å². The number of nitrogen functional groups attached to an aromatic ring is 1. The molecule has 0 aliphatic carbocycles. The predicted molar refractivity (Wildman–Crippen MR) is 69.2 cm³/mol. The number of nitro groups is 1. The van der Waals surface area contributed by atoms with Crippen LogP contribution in [0.15, 0.2) is 18.2 Å². The van der Waals surface area contributed by atoms with Gasteiger partial charge in [0.2, 0.25) is 5.91 Å². The molecule has 1 aromatic carbocycles. The van der Waals surface area contributed by atoms with Gasteiger partial charge in [-0.1, -0.05) is 0 Å². The summed E-state index contributed by atoms with van der Waals surface area (Å²) in [5.74, 6) is -0.485. The SMILES string of the molecule is CC(C)N(CC(N)=O)c1ccc([N+](=O)[O-])cc1N. The lowest BCUT2D eigenvalue weighted by Crippen LogP contribution is -2.39. The molecule has 0 heterocycles. The van der Waals surface area contributed by atoms with Crippen molar-refractivity contribution in [1.29, 1.82) is 0 Å². The van der Waals surface area contributed by atoms with E-state index in [2.05, 4.69) is 0 Å². The fourth-order valence-corrected chi connectivity index (χ4v) is 1.63. The second-order valence-corrected chi connectivity index (χ2v) is 4.19. The first-order valence-corrected chi connectivity index (χ1v) is 5.41. The van der Waals surface area contributed by atoms with Gasteiger partial charge in [0.15, 0.2) is 0 Å². The Kier molecular flexibility index (Phi) is 4.09. The third-order valence-electron chi connectivity index (χ3n) is 2.48. The van der Waals surface area contributed by atoms with Gasteiger partial charge in [0, 0.05) is 18.2 Å². The molecule has 0 bridgehead atoms. The molecule has 0 saturated heterocycles. The topological polar surface area (TPSA) is 115 Å². The van der Waals surface area contributed by atoms with Gasteiger partial charge in [0.25, 0.3) is 5.69 Å². The van der Waals surface area contributed by atoms with Crippen molar-refractivity contribution in [3.63, 3.8) is 0 Å². The van der Waals surface area contributed by atoms with E-state index in [0.29, 0.717) is 5.69 Å². The number of amides is 1. The van der Waals surface area contributed by atoms with E-state index in [1.54, 1.807) is 4.90 Å². The van der Waals surface area contributed by atoms with E-state index in [1.165, 1.54) is 18.2 Å². The van der Waals surface area contributed by atoms with Crippen LogP contribution in [0.4, 0.5) is 17.1 Å². The highest BCUT2D eigenvalue weighted by molar-refractivity contribution is 5.82. The van der Waals surface area contributed by atoms with Crippen LogP contribution in [0.2, 0.25) is 0 Å². The van der Waals surface area contributed by atoms with E-state index in [1.807, 2.05) is 13.8 Å². The summed E-state index contributed by atoms with van der Waals surface area (Å²) in [6.45, 7) is 3.77. The van der Waals surface area contributed by atoms with E-state index in [9.17, 15) is 14.9 Å². The van der Waals surface area contributed by atoms with Crippen molar-refractivity contribution >= 4 is 23.0 Å². The molecule has 4 N–H and O–H groups in total. The second kappa shape index (κ2) is 5.35. The molecule has 0 aromatic heterocycles. The summed E-state index contributed by atoms with van der Waals surface area (Å²) in [6, 6.07) is 4.14. The summed E-state index contributed by atoms with van der Waals surface area (Å²) in [5, 5.41) is 10.6. The Morgan fingerprint density at radius 3 is 2.50 bits per heavy atom. The molecule has 1 aromatic rings. The molecule has 0 spiro atoms. The van der Waals surface area contributed by atoms with Gasteiger partial charge in [-0.15, -0.1) is 0 Å². The smallest absolute Gasteiger partial charge is 0.271 e. The molecule has 7 heteroatoms. The summed E-state index contributed by atoms with van der Waals surface area (Å²) in [7, 11) is 0. The Morgan fingerprint density at radius 2 is 2.11 bits per heavy atom. The van der Waals surface area contributed by atoms with Crippen LogP contribution in [0.1, 0.15) is 13.8 Å². The first-order chi connectivity index (χ1) is 8.32. The van der Waals surface area contributed by atoms with Crippen LogP contribution >= 0.6 is 0 Å². The number of rotatable bonds is 5. The van der Waals surface area contributed by atoms with E-state index in [4.69, 9.17) is 11.5 Å². The number of primary amides is 1. The third-order valence-corrected chi connectivity index (χ3v) is 2.48. The van der Waals surface area contributed by atoms with Gasteiger partial charge in [-0.25, -0.2) is 0 Å². The van der Waals surface area contributed by atoms with E-state index >= 15 is 0 Å². The molecule has 98 valence electrons. The molecule has 0 radical (unpaired) electrons. The van der Waals surface area contributed by atoms with Crippen molar-refractivity contribution in [1.82, 2.24) is 0 Å². The van der Waals surface area contributed by atoms with Gasteiger partial charge in [0.1, 0.15) is 0 Å². The maximum absolute atomic E-state index is 11.0. The molecule has 0 aliphatic heterocycles. The van der Waals surface area contributed by atoms with Crippen molar-refractivity contribution in [2.24, 2.45) is 5.73 Å². The third kappa shape index (κ3) is 3.09. The fraction of sp³-hybridized carbons (Fsp3) is 0.364. The zero-order valence-electron chi connectivity index (χ0n) is 10.3. The monoisotopic (exact) mass is 252 g/mol. The van der Waals surface area contributed by atoms with Crippen LogP contribution in [0, 0.1) is 10.1 Å². The molecule has 1 amide bonds. The standard InChI is InChI=1S/C11H16N4O3/c1-7(2)14(6-11(13)16)10-4-3-8(15(17)18)5-9(10)12/h3-5,7H,6,12H2,1-2H3,(H2,13,16). The van der Waals surface area contributed by atoms with Crippen molar-refractivity contribution in [3.8, 4) is 0 Å². The Labute approximate surface area is 105 Å². The van der Waals surface area contributed by atoms with Gasteiger partial charge >= 0.3 is 0 Å². The minimum absolute atomic E-state index is 0.00116. The zero-order valence-corrected chi connectivity index (χ0v) is 10.3. The lowest BCUT2D eigenvalue weighted by Gasteiger charge is -2.28. The zero-order chi connectivity index (χ0) is 13.9. The number of nitrogens with zero attached hydrogens (tertiary/aromatic N) is 2. The number of nitrogens with two attached hydrogens (primary N) is 2. The lowest BCUT2D eigenvalue weighted by molar-refractivity contribution is -0.384. The quantitative estimate of drug-likeness (QED) is 0.458. The number of nitro benzene ring substituents is 1. The van der Waals surface area contributed by atoms with Crippen LogP contribution in [0.25, 0.3) is 0 Å². The number of hydrogen-bond donors (Lipinski definition) is 2. The van der Waals surface area contributed by atoms with Crippen molar-refractivity contribution in [3.05, 3.63) is 28.3 Å². The largest absolute Gasteiger partial charge is 0.397 e.